The highest BCUT2D eigenvalue weighted by atomic mass is 79.9. The number of halogens is 1. The Labute approximate surface area is 83.7 Å². The van der Waals surface area contributed by atoms with Gasteiger partial charge in [-0.05, 0) is 28.8 Å². The Kier molecular flexibility index (Phi) is 1.91. The van der Waals surface area contributed by atoms with Crippen molar-refractivity contribution in [3.05, 3.63) is 15.9 Å². The number of carboxylic acid groups (broad SMARTS) is 1. The summed E-state index contributed by atoms with van der Waals surface area (Å²) < 4.78 is 2.43. The Bertz CT molecular complexity index is 372. The lowest BCUT2D eigenvalue weighted by atomic mass is 10.1. The van der Waals surface area contributed by atoms with Crippen LogP contribution in [-0.2, 0) is 18.3 Å². The molecule has 0 spiro atoms. The van der Waals surface area contributed by atoms with Crippen molar-refractivity contribution in [3.63, 3.8) is 0 Å². The molecule has 0 saturated heterocycles. The second-order valence-electron chi connectivity index (χ2n) is 3.20. The van der Waals surface area contributed by atoms with Gasteiger partial charge in [0.1, 0.15) is 4.60 Å². The molecule has 1 N–H and O–H groups in total. The Balaban J connectivity index is 2.52. The fraction of sp³-hybridized carbons (Fsp3) is 0.500. The lowest BCUT2D eigenvalue weighted by molar-refractivity contribution is -0.138. The number of aryl methyl sites for hydroxylation is 1. The number of carbonyl (C=O) groups is 1. The van der Waals surface area contributed by atoms with Gasteiger partial charge in [0.15, 0.2) is 0 Å². The maximum atomic E-state index is 10.9. The number of nitrogens with zero attached hydrogens (tertiary/aromatic N) is 2. The van der Waals surface area contributed by atoms with Crippen LogP contribution in [0.3, 0.4) is 0 Å². The SMILES string of the molecule is Cn1nc(Br)c2c1CCC2C(=O)O. The van der Waals surface area contributed by atoms with E-state index in [0.29, 0.717) is 11.0 Å². The van der Waals surface area contributed by atoms with Gasteiger partial charge in [-0.1, -0.05) is 0 Å². The summed E-state index contributed by atoms with van der Waals surface area (Å²) >= 11 is 3.28. The zero-order valence-electron chi connectivity index (χ0n) is 7.12. The van der Waals surface area contributed by atoms with Gasteiger partial charge >= 0.3 is 5.97 Å². The average Bonchev–Trinajstić information content (AvgIpc) is 2.55. The van der Waals surface area contributed by atoms with E-state index in [1.807, 2.05) is 7.05 Å². The number of hydrogen-bond donors (Lipinski definition) is 1. The van der Waals surface area contributed by atoms with Crippen LogP contribution in [0.15, 0.2) is 4.60 Å². The molecule has 4 nitrogen and oxygen atoms in total. The summed E-state index contributed by atoms with van der Waals surface area (Å²) in [6.45, 7) is 0. The van der Waals surface area contributed by atoms with Gasteiger partial charge < -0.3 is 5.11 Å². The molecule has 2 rings (SSSR count). The number of rotatable bonds is 1. The van der Waals surface area contributed by atoms with E-state index < -0.39 is 5.97 Å². The molecular weight excluding hydrogens is 236 g/mol. The molecule has 1 aliphatic carbocycles. The van der Waals surface area contributed by atoms with Crippen molar-refractivity contribution < 1.29 is 9.90 Å². The second kappa shape index (κ2) is 2.83. The van der Waals surface area contributed by atoms with Gasteiger partial charge in [-0.15, -0.1) is 0 Å². The second-order valence-corrected chi connectivity index (χ2v) is 3.96. The Morgan fingerprint density at radius 3 is 3.08 bits per heavy atom. The first-order valence-electron chi connectivity index (χ1n) is 4.05. The zero-order valence-corrected chi connectivity index (χ0v) is 8.71. The van der Waals surface area contributed by atoms with Crippen LogP contribution in [-0.4, -0.2) is 20.9 Å². The highest BCUT2D eigenvalue weighted by molar-refractivity contribution is 9.10. The molecule has 0 fully saturated rings. The van der Waals surface area contributed by atoms with Crippen LogP contribution >= 0.6 is 15.9 Å². The number of fused-ring (bicyclic) bond motifs is 1. The summed E-state index contributed by atoms with van der Waals surface area (Å²) in [6.07, 6.45) is 1.50. The number of aliphatic carboxylic acids is 1. The Hall–Kier alpha value is -0.840. The monoisotopic (exact) mass is 244 g/mol. The smallest absolute Gasteiger partial charge is 0.311 e. The van der Waals surface area contributed by atoms with Crippen molar-refractivity contribution in [1.29, 1.82) is 0 Å². The van der Waals surface area contributed by atoms with E-state index >= 15 is 0 Å². The van der Waals surface area contributed by atoms with Gasteiger partial charge in [0, 0.05) is 18.3 Å². The molecule has 0 radical (unpaired) electrons. The van der Waals surface area contributed by atoms with Gasteiger partial charge in [0.2, 0.25) is 0 Å². The number of hydrogen-bond acceptors (Lipinski definition) is 2. The molecule has 13 heavy (non-hydrogen) atoms. The predicted octanol–water partition coefficient (Wildman–Crippen LogP) is 1.30. The molecule has 70 valence electrons. The molecule has 0 amide bonds. The Morgan fingerprint density at radius 2 is 2.46 bits per heavy atom. The van der Waals surface area contributed by atoms with Crippen molar-refractivity contribution in [2.24, 2.45) is 7.05 Å². The minimum absolute atomic E-state index is 0.377. The lowest BCUT2D eigenvalue weighted by Crippen LogP contribution is -2.07. The lowest BCUT2D eigenvalue weighted by Gasteiger charge is -2.01. The quantitative estimate of drug-likeness (QED) is 0.811. The average molecular weight is 245 g/mol. The maximum absolute atomic E-state index is 10.9. The van der Waals surface area contributed by atoms with Crippen molar-refractivity contribution in [2.75, 3.05) is 0 Å². The first kappa shape index (κ1) is 8.74. The molecule has 1 aromatic heterocycles. The van der Waals surface area contributed by atoms with Crippen molar-refractivity contribution in [2.45, 2.75) is 18.8 Å². The van der Waals surface area contributed by atoms with Crippen LogP contribution in [0.25, 0.3) is 0 Å². The summed E-state index contributed by atoms with van der Waals surface area (Å²) in [5.41, 5.74) is 1.90. The van der Waals surface area contributed by atoms with Crippen LogP contribution < -0.4 is 0 Å². The summed E-state index contributed by atoms with van der Waals surface area (Å²) in [4.78, 5) is 10.9. The van der Waals surface area contributed by atoms with Crippen LogP contribution in [0.1, 0.15) is 23.6 Å². The van der Waals surface area contributed by atoms with Gasteiger partial charge in [-0.2, -0.15) is 5.10 Å². The Morgan fingerprint density at radius 1 is 1.77 bits per heavy atom. The van der Waals surface area contributed by atoms with Crippen molar-refractivity contribution >= 4 is 21.9 Å². The molecule has 1 atom stereocenters. The summed E-state index contributed by atoms with van der Waals surface area (Å²) in [5, 5.41) is 13.1. The number of aromatic nitrogens is 2. The molecule has 5 heteroatoms. The normalized spacial score (nSPS) is 20.3. The standard InChI is InChI=1S/C8H9BrN2O2/c1-11-5-3-2-4(8(12)13)6(5)7(9)10-11/h4H,2-3H2,1H3,(H,12,13). The largest absolute Gasteiger partial charge is 0.481 e. The van der Waals surface area contributed by atoms with Crippen molar-refractivity contribution in [3.8, 4) is 0 Å². The topological polar surface area (TPSA) is 55.1 Å². The van der Waals surface area contributed by atoms with E-state index in [4.69, 9.17) is 5.11 Å². The predicted molar refractivity (Wildman–Crippen MR) is 49.6 cm³/mol. The summed E-state index contributed by atoms with van der Waals surface area (Å²) in [7, 11) is 1.84. The maximum Gasteiger partial charge on any atom is 0.311 e. The minimum atomic E-state index is -0.757. The highest BCUT2D eigenvalue weighted by Gasteiger charge is 2.33. The highest BCUT2D eigenvalue weighted by Crippen LogP contribution is 2.37. The zero-order chi connectivity index (χ0) is 9.59. The summed E-state index contributed by atoms with van der Waals surface area (Å²) in [6, 6.07) is 0. The molecule has 1 unspecified atom stereocenters. The molecule has 1 aliphatic rings. The fourth-order valence-electron chi connectivity index (χ4n) is 1.85. The molecular formula is C8H9BrN2O2. The van der Waals surface area contributed by atoms with E-state index in [2.05, 4.69) is 21.0 Å². The van der Waals surface area contributed by atoms with E-state index in [9.17, 15) is 4.79 Å². The molecule has 0 aromatic carbocycles. The third kappa shape index (κ3) is 1.18. The molecule has 1 heterocycles. The van der Waals surface area contributed by atoms with Gasteiger partial charge in [-0.3, -0.25) is 9.48 Å². The first-order chi connectivity index (χ1) is 6.11. The van der Waals surface area contributed by atoms with Gasteiger partial charge in [0.05, 0.1) is 5.92 Å². The number of carboxylic acids is 1. The van der Waals surface area contributed by atoms with Crippen LogP contribution in [0.4, 0.5) is 0 Å². The molecule has 1 aromatic rings. The van der Waals surface area contributed by atoms with E-state index in [1.54, 1.807) is 4.68 Å². The molecule has 0 bridgehead atoms. The fourth-order valence-corrected chi connectivity index (χ4v) is 2.60. The van der Waals surface area contributed by atoms with Crippen LogP contribution in [0.5, 0.6) is 0 Å². The summed E-state index contributed by atoms with van der Waals surface area (Å²) in [5.74, 6) is -1.13. The van der Waals surface area contributed by atoms with Gasteiger partial charge in [0.25, 0.3) is 0 Å². The minimum Gasteiger partial charge on any atom is -0.481 e. The van der Waals surface area contributed by atoms with Crippen LogP contribution in [0.2, 0.25) is 0 Å². The van der Waals surface area contributed by atoms with Gasteiger partial charge in [-0.25, -0.2) is 0 Å². The molecule has 0 saturated carbocycles. The third-order valence-corrected chi connectivity index (χ3v) is 3.06. The third-order valence-electron chi connectivity index (χ3n) is 2.48. The molecule has 0 aliphatic heterocycles. The van der Waals surface area contributed by atoms with Crippen LogP contribution in [0, 0.1) is 0 Å². The van der Waals surface area contributed by atoms with E-state index in [-0.39, 0.29) is 5.92 Å². The van der Waals surface area contributed by atoms with Crippen molar-refractivity contribution in [1.82, 2.24) is 9.78 Å². The van der Waals surface area contributed by atoms with E-state index in [0.717, 1.165) is 17.7 Å². The first-order valence-corrected chi connectivity index (χ1v) is 4.84. The van der Waals surface area contributed by atoms with E-state index in [1.165, 1.54) is 0 Å².